The summed E-state index contributed by atoms with van der Waals surface area (Å²) in [6, 6.07) is 11.5. The molecule has 1 aliphatic rings. The number of rotatable bonds is 5. The van der Waals surface area contributed by atoms with Gasteiger partial charge in [-0.25, -0.2) is 9.97 Å². The van der Waals surface area contributed by atoms with Crippen LogP contribution in [0.1, 0.15) is 21.5 Å². The number of nitrogens with zero attached hydrogens (tertiary/aromatic N) is 5. The molecule has 0 radical (unpaired) electrons. The number of likely N-dealkylation sites (N-methyl/N-ethyl adjacent to an activating group) is 1. The first-order chi connectivity index (χ1) is 14.6. The summed E-state index contributed by atoms with van der Waals surface area (Å²) in [4.78, 5) is 30.2. The Morgan fingerprint density at radius 2 is 1.83 bits per heavy atom. The Balaban J connectivity index is 1.46. The van der Waals surface area contributed by atoms with E-state index in [-0.39, 0.29) is 5.91 Å². The van der Waals surface area contributed by atoms with Crippen LogP contribution in [0.2, 0.25) is 0 Å². The third kappa shape index (κ3) is 4.63. The zero-order valence-electron chi connectivity index (χ0n) is 17.4. The van der Waals surface area contributed by atoms with Gasteiger partial charge in [0.2, 0.25) is 0 Å². The fourth-order valence-corrected chi connectivity index (χ4v) is 3.40. The quantitative estimate of drug-likeness (QED) is 0.707. The molecule has 7 nitrogen and oxygen atoms in total. The van der Waals surface area contributed by atoms with Crippen molar-refractivity contribution in [3.05, 3.63) is 71.7 Å². The molecule has 1 amide bonds. The first-order valence-electron chi connectivity index (χ1n) is 10.1. The van der Waals surface area contributed by atoms with Gasteiger partial charge < -0.3 is 15.1 Å². The van der Waals surface area contributed by atoms with Crippen molar-refractivity contribution in [1.82, 2.24) is 24.8 Å². The molecule has 7 heteroatoms. The van der Waals surface area contributed by atoms with Crippen LogP contribution in [0.4, 0.5) is 5.82 Å². The molecule has 1 saturated heterocycles. The Hall–Kier alpha value is -3.32. The van der Waals surface area contributed by atoms with Crippen molar-refractivity contribution in [3.63, 3.8) is 0 Å². The van der Waals surface area contributed by atoms with E-state index in [2.05, 4.69) is 32.2 Å². The topological polar surface area (TPSA) is 74.2 Å². The molecule has 0 spiro atoms. The number of pyridine rings is 1. The van der Waals surface area contributed by atoms with Gasteiger partial charge in [0.1, 0.15) is 5.82 Å². The number of benzene rings is 1. The lowest BCUT2D eigenvalue weighted by Crippen LogP contribution is -2.47. The van der Waals surface area contributed by atoms with Crippen LogP contribution in [-0.4, -0.2) is 63.9 Å². The number of piperazine rings is 1. The van der Waals surface area contributed by atoms with Gasteiger partial charge in [0.05, 0.1) is 0 Å². The van der Waals surface area contributed by atoms with E-state index in [9.17, 15) is 4.79 Å². The van der Waals surface area contributed by atoms with Gasteiger partial charge in [0.25, 0.3) is 5.91 Å². The maximum absolute atomic E-state index is 12.7. The van der Waals surface area contributed by atoms with Crippen molar-refractivity contribution < 1.29 is 4.79 Å². The molecule has 1 aliphatic heterocycles. The molecule has 0 unspecified atom stereocenters. The monoisotopic (exact) mass is 402 g/mol. The number of carbonyl (C=O) groups is 1. The van der Waals surface area contributed by atoms with Crippen LogP contribution in [0.5, 0.6) is 0 Å². The summed E-state index contributed by atoms with van der Waals surface area (Å²) in [6.45, 7) is 5.98. The van der Waals surface area contributed by atoms with E-state index in [1.807, 2.05) is 60.6 Å². The highest BCUT2D eigenvalue weighted by molar-refractivity contribution is 5.94. The molecule has 0 saturated carbocycles. The molecule has 1 N–H and O–H groups in total. The molecule has 1 fully saturated rings. The third-order valence-corrected chi connectivity index (χ3v) is 5.33. The molecule has 2 aromatic heterocycles. The highest BCUT2D eigenvalue weighted by atomic mass is 16.2. The van der Waals surface area contributed by atoms with Crippen molar-refractivity contribution in [2.45, 2.75) is 13.5 Å². The molecular formula is C23H26N6O. The van der Waals surface area contributed by atoms with Crippen LogP contribution in [0.25, 0.3) is 11.4 Å². The molecular weight excluding hydrogens is 376 g/mol. The average molecular weight is 403 g/mol. The molecule has 0 aliphatic carbocycles. The second kappa shape index (κ2) is 9.00. The number of hydrogen-bond donors (Lipinski definition) is 1. The van der Waals surface area contributed by atoms with E-state index in [1.54, 1.807) is 6.20 Å². The van der Waals surface area contributed by atoms with Crippen molar-refractivity contribution in [2.75, 3.05) is 38.5 Å². The number of aromatic nitrogens is 3. The maximum atomic E-state index is 12.7. The van der Waals surface area contributed by atoms with Crippen molar-refractivity contribution in [1.29, 1.82) is 0 Å². The lowest BCUT2D eigenvalue weighted by atomic mass is 10.1. The fourth-order valence-electron chi connectivity index (χ4n) is 3.40. The molecule has 4 rings (SSSR count). The number of nitrogens with one attached hydrogen (secondary N) is 1. The van der Waals surface area contributed by atoms with Crippen LogP contribution in [0.15, 0.2) is 55.0 Å². The van der Waals surface area contributed by atoms with Crippen LogP contribution in [0.3, 0.4) is 0 Å². The van der Waals surface area contributed by atoms with Gasteiger partial charge in [-0.2, -0.15) is 0 Å². The Labute approximate surface area is 176 Å². The second-order valence-electron chi connectivity index (χ2n) is 7.61. The number of anilines is 1. The Morgan fingerprint density at radius 1 is 1.07 bits per heavy atom. The normalized spacial score (nSPS) is 14.5. The molecule has 0 bridgehead atoms. The SMILES string of the molecule is Cc1cnc(-c2ccc(C(=O)N3CCN(C)CC3)cc2)nc1NCc1cccnc1. The van der Waals surface area contributed by atoms with Crippen LogP contribution in [-0.2, 0) is 6.54 Å². The van der Waals surface area contributed by atoms with Gasteiger partial charge in [0.15, 0.2) is 5.82 Å². The summed E-state index contributed by atoms with van der Waals surface area (Å²) in [5.41, 5.74) is 3.65. The van der Waals surface area contributed by atoms with Gasteiger partial charge in [0, 0.05) is 68.0 Å². The van der Waals surface area contributed by atoms with Gasteiger partial charge in [-0.15, -0.1) is 0 Å². The fraction of sp³-hybridized carbons (Fsp3) is 0.304. The van der Waals surface area contributed by atoms with Gasteiger partial charge in [-0.05, 0) is 37.7 Å². The summed E-state index contributed by atoms with van der Waals surface area (Å²) in [5, 5.41) is 3.36. The Bertz CT molecular complexity index is 998. The lowest BCUT2D eigenvalue weighted by molar-refractivity contribution is 0.0664. The zero-order chi connectivity index (χ0) is 20.9. The predicted molar refractivity (Wildman–Crippen MR) is 117 cm³/mol. The maximum Gasteiger partial charge on any atom is 0.253 e. The summed E-state index contributed by atoms with van der Waals surface area (Å²) in [6.07, 6.45) is 5.41. The minimum absolute atomic E-state index is 0.0818. The smallest absolute Gasteiger partial charge is 0.253 e. The molecule has 3 aromatic rings. The minimum Gasteiger partial charge on any atom is -0.366 e. The second-order valence-corrected chi connectivity index (χ2v) is 7.61. The van der Waals surface area contributed by atoms with E-state index >= 15 is 0 Å². The van der Waals surface area contributed by atoms with Gasteiger partial charge in [-0.3, -0.25) is 9.78 Å². The van der Waals surface area contributed by atoms with Crippen molar-refractivity contribution in [3.8, 4) is 11.4 Å². The molecule has 1 aromatic carbocycles. The van der Waals surface area contributed by atoms with E-state index in [4.69, 9.17) is 0 Å². The number of aryl methyl sites for hydroxylation is 1. The number of carbonyl (C=O) groups excluding carboxylic acids is 1. The lowest BCUT2D eigenvalue weighted by Gasteiger charge is -2.32. The Morgan fingerprint density at radius 3 is 2.53 bits per heavy atom. The molecule has 30 heavy (non-hydrogen) atoms. The highest BCUT2D eigenvalue weighted by Crippen LogP contribution is 2.21. The van der Waals surface area contributed by atoms with Crippen LogP contribution in [0, 0.1) is 6.92 Å². The molecule has 0 atom stereocenters. The minimum atomic E-state index is 0.0818. The standard InChI is InChI=1S/C23H26N6O/c1-17-14-25-22(27-21(17)26-16-18-4-3-9-24-15-18)19-5-7-20(8-6-19)23(30)29-12-10-28(2)11-13-29/h3-9,14-15H,10-13,16H2,1-2H3,(H,25,26,27). The third-order valence-electron chi connectivity index (χ3n) is 5.33. The zero-order valence-corrected chi connectivity index (χ0v) is 17.4. The highest BCUT2D eigenvalue weighted by Gasteiger charge is 2.20. The van der Waals surface area contributed by atoms with Gasteiger partial charge in [-0.1, -0.05) is 18.2 Å². The van der Waals surface area contributed by atoms with Crippen LogP contribution >= 0.6 is 0 Å². The number of amides is 1. The van der Waals surface area contributed by atoms with E-state index in [0.29, 0.717) is 17.9 Å². The largest absolute Gasteiger partial charge is 0.366 e. The van der Waals surface area contributed by atoms with E-state index in [1.165, 1.54) is 0 Å². The average Bonchev–Trinajstić information content (AvgIpc) is 2.79. The molecule has 3 heterocycles. The molecule has 154 valence electrons. The summed E-state index contributed by atoms with van der Waals surface area (Å²) >= 11 is 0. The summed E-state index contributed by atoms with van der Waals surface area (Å²) < 4.78 is 0. The van der Waals surface area contributed by atoms with Gasteiger partial charge >= 0.3 is 0 Å². The van der Waals surface area contributed by atoms with Crippen molar-refractivity contribution >= 4 is 11.7 Å². The summed E-state index contributed by atoms with van der Waals surface area (Å²) in [5.74, 6) is 1.51. The first kappa shape index (κ1) is 20.0. The Kier molecular flexibility index (Phi) is 5.99. The number of hydrogen-bond acceptors (Lipinski definition) is 6. The predicted octanol–water partition coefficient (Wildman–Crippen LogP) is 2.85. The van der Waals surface area contributed by atoms with E-state index in [0.717, 1.165) is 48.7 Å². The first-order valence-corrected chi connectivity index (χ1v) is 10.1. The van der Waals surface area contributed by atoms with E-state index < -0.39 is 0 Å². The summed E-state index contributed by atoms with van der Waals surface area (Å²) in [7, 11) is 2.08. The van der Waals surface area contributed by atoms with Crippen molar-refractivity contribution in [2.24, 2.45) is 0 Å². The van der Waals surface area contributed by atoms with Crippen LogP contribution < -0.4 is 5.32 Å².